The van der Waals surface area contributed by atoms with E-state index >= 15 is 0 Å². The molecule has 17 heteroatoms. The van der Waals surface area contributed by atoms with Gasteiger partial charge in [-0.1, -0.05) is 18.5 Å². The molecule has 2 atom stereocenters. The summed E-state index contributed by atoms with van der Waals surface area (Å²) in [6, 6.07) is 10.4. The molecular formula is C30H29ClF3N7O6. The van der Waals surface area contributed by atoms with Crippen LogP contribution in [0.5, 0.6) is 5.75 Å². The molecule has 0 bridgehead atoms. The molecule has 1 aromatic carbocycles. The van der Waals surface area contributed by atoms with Crippen molar-refractivity contribution in [3.8, 4) is 22.9 Å². The number of nitrogens with two attached hydrogens (primary N) is 2. The molecule has 6 N–H and O–H groups in total. The van der Waals surface area contributed by atoms with Gasteiger partial charge in [0.1, 0.15) is 11.8 Å². The van der Waals surface area contributed by atoms with Crippen molar-refractivity contribution in [1.29, 1.82) is 5.26 Å². The highest BCUT2D eigenvalue weighted by molar-refractivity contribution is 6.31. The van der Waals surface area contributed by atoms with Crippen LogP contribution in [0.1, 0.15) is 41.7 Å². The van der Waals surface area contributed by atoms with E-state index in [1.165, 1.54) is 34.7 Å². The van der Waals surface area contributed by atoms with Crippen molar-refractivity contribution in [3.63, 3.8) is 0 Å². The van der Waals surface area contributed by atoms with Gasteiger partial charge in [0.2, 0.25) is 5.91 Å². The van der Waals surface area contributed by atoms with E-state index in [0.717, 1.165) is 0 Å². The first-order valence-corrected chi connectivity index (χ1v) is 14.1. The maximum Gasteiger partial charge on any atom is 0.490 e. The van der Waals surface area contributed by atoms with E-state index in [2.05, 4.69) is 16.5 Å². The molecule has 248 valence electrons. The number of fused-ring (bicyclic) bond motifs is 1. The molecular weight excluding hydrogens is 647 g/mol. The molecule has 0 fully saturated rings. The van der Waals surface area contributed by atoms with Crippen molar-refractivity contribution in [2.75, 3.05) is 19.0 Å². The Hall–Kier alpha value is -5.40. The summed E-state index contributed by atoms with van der Waals surface area (Å²) in [4.78, 5) is 47.9. The number of carboxylic acid groups (broad SMARTS) is 1. The van der Waals surface area contributed by atoms with Crippen LogP contribution in [0.25, 0.3) is 16.6 Å². The number of anilines is 1. The van der Waals surface area contributed by atoms with Crippen LogP contribution in [-0.2, 0) is 9.59 Å². The molecule has 0 aliphatic rings. The lowest BCUT2D eigenvalue weighted by Gasteiger charge is -2.26. The lowest BCUT2D eigenvalue weighted by Crippen LogP contribution is -2.37. The number of hydrogen-bond donors (Lipinski definition) is 4. The van der Waals surface area contributed by atoms with Crippen LogP contribution in [0.4, 0.5) is 18.9 Å². The number of benzene rings is 1. The first-order valence-electron chi connectivity index (χ1n) is 13.7. The lowest BCUT2D eigenvalue weighted by atomic mass is 9.94. The molecule has 4 aromatic rings. The van der Waals surface area contributed by atoms with Gasteiger partial charge in [0.25, 0.3) is 11.5 Å². The van der Waals surface area contributed by atoms with Gasteiger partial charge in [-0.25, -0.2) is 9.31 Å². The number of primary amides is 1. The number of ether oxygens (including phenoxy) is 1. The van der Waals surface area contributed by atoms with Gasteiger partial charge < -0.3 is 26.6 Å². The Bertz CT molecular complexity index is 1900. The average molecular weight is 676 g/mol. The number of aliphatic carboxylic acids is 1. The summed E-state index contributed by atoms with van der Waals surface area (Å²) in [7, 11) is 1.44. The van der Waals surface area contributed by atoms with Gasteiger partial charge in [0.15, 0.2) is 0 Å². The number of methoxy groups -OCH3 is 1. The summed E-state index contributed by atoms with van der Waals surface area (Å²) < 4.78 is 40.1. The number of nitrogens with one attached hydrogen (secondary N) is 1. The van der Waals surface area contributed by atoms with E-state index < -0.39 is 35.6 Å². The van der Waals surface area contributed by atoms with Gasteiger partial charge in [-0.2, -0.15) is 23.5 Å². The number of hydrogen-bond acceptors (Lipinski definition) is 8. The highest BCUT2D eigenvalue weighted by Gasteiger charge is 2.38. The summed E-state index contributed by atoms with van der Waals surface area (Å²) in [5.74, 6) is -3.87. The Morgan fingerprint density at radius 3 is 2.45 bits per heavy atom. The molecule has 3 heterocycles. The second-order valence-corrected chi connectivity index (χ2v) is 10.6. The van der Waals surface area contributed by atoms with Crippen molar-refractivity contribution in [3.05, 3.63) is 81.5 Å². The first kappa shape index (κ1) is 36.1. The lowest BCUT2D eigenvalue weighted by molar-refractivity contribution is -0.192. The van der Waals surface area contributed by atoms with Crippen LogP contribution in [0.15, 0.2) is 59.8 Å². The zero-order valence-electron chi connectivity index (χ0n) is 24.9. The third kappa shape index (κ3) is 8.66. The summed E-state index contributed by atoms with van der Waals surface area (Å²) in [5.41, 5.74) is 12.9. The zero-order valence-corrected chi connectivity index (χ0v) is 25.7. The van der Waals surface area contributed by atoms with E-state index in [-0.39, 0.29) is 17.2 Å². The Kier molecular flexibility index (Phi) is 11.7. The molecule has 0 aliphatic heterocycles. The van der Waals surface area contributed by atoms with E-state index in [9.17, 15) is 32.8 Å². The third-order valence-electron chi connectivity index (χ3n) is 6.92. The summed E-state index contributed by atoms with van der Waals surface area (Å²) in [5, 5.41) is 24.1. The van der Waals surface area contributed by atoms with Crippen LogP contribution in [0.3, 0.4) is 0 Å². The highest BCUT2D eigenvalue weighted by Crippen LogP contribution is 2.34. The Morgan fingerprint density at radius 1 is 1.19 bits per heavy atom. The molecule has 3 aromatic heterocycles. The first-order chi connectivity index (χ1) is 22.1. The molecule has 0 aliphatic carbocycles. The van der Waals surface area contributed by atoms with Gasteiger partial charge in [-0.15, -0.1) is 0 Å². The molecule has 0 saturated heterocycles. The smallest absolute Gasteiger partial charge is 0.490 e. The SMILES string of the molecule is COc1cn([C@H](C(=O)Nc2ccn3ncc(C(N)=O)c3c2)[C@H](C)CCCN)c(=O)cc1-c1cc(Cl)ccc1C#N.O=C(O)C(F)(F)F. The number of carbonyl (C=O) groups is 3. The fourth-order valence-electron chi connectivity index (χ4n) is 4.68. The Labute approximate surface area is 270 Å². The second kappa shape index (κ2) is 15.3. The number of pyridine rings is 2. The third-order valence-corrected chi connectivity index (χ3v) is 7.16. The quantitative estimate of drug-likeness (QED) is 0.191. The highest BCUT2D eigenvalue weighted by atomic mass is 35.5. The fraction of sp³-hybridized carbons (Fsp3) is 0.267. The standard InChI is InChI=1S/C28H28ClN7O4.C2HF3O2/c1-16(4-3-8-30)26(28(39)34-19-7-9-36-23(11-19)22(14-33-36)27(32)38)35-15-24(40-2)21(12-25(35)37)20-10-18(29)6-5-17(20)13-31;3-2(4,5)1(6)7/h5-7,9-12,14-16,26H,3-4,8,30H2,1-2H3,(H2,32,38)(H,34,39);(H,6,7)/t16-,26+;/m1./s1. The monoisotopic (exact) mass is 675 g/mol. The minimum atomic E-state index is -5.08. The topological polar surface area (TPSA) is 208 Å². The number of aromatic nitrogens is 3. The average Bonchev–Trinajstić information content (AvgIpc) is 3.44. The second-order valence-electron chi connectivity index (χ2n) is 10.1. The van der Waals surface area contributed by atoms with Gasteiger partial charge in [-0.05, 0) is 55.6 Å². The molecule has 4 rings (SSSR count). The van der Waals surface area contributed by atoms with Gasteiger partial charge >= 0.3 is 12.1 Å². The number of carbonyl (C=O) groups excluding carboxylic acids is 2. The number of alkyl halides is 3. The van der Waals surface area contributed by atoms with Gasteiger partial charge in [0, 0.05) is 34.1 Å². The molecule has 0 radical (unpaired) electrons. The van der Waals surface area contributed by atoms with E-state index in [1.807, 2.05) is 6.92 Å². The number of nitriles is 1. The van der Waals surface area contributed by atoms with Crippen LogP contribution in [0.2, 0.25) is 5.02 Å². The number of amides is 2. The van der Waals surface area contributed by atoms with Crippen LogP contribution < -0.4 is 27.1 Å². The number of nitrogens with zero attached hydrogens (tertiary/aromatic N) is 4. The number of rotatable bonds is 10. The van der Waals surface area contributed by atoms with Gasteiger partial charge in [0.05, 0.1) is 42.2 Å². The molecule has 0 spiro atoms. The molecule has 0 saturated carbocycles. The summed E-state index contributed by atoms with van der Waals surface area (Å²) in [6.45, 7) is 2.29. The van der Waals surface area contributed by atoms with Crippen molar-refractivity contribution in [2.24, 2.45) is 17.4 Å². The molecule has 13 nitrogen and oxygen atoms in total. The largest absolute Gasteiger partial charge is 0.495 e. The van der Waals surface area contributed by atoms with Crippen LogP contribution in [0, 0.1) is 17.2 Å². The minimum absolute atomic E-state index is 0.207. The molecule has 47 heavy (non-hydrogen) atoms. The molecule has 0 unspecified atom stereocenters. The van der Waals surface area contributed by atoms with Crippen molar-refractivity contribution in [2.45, 2.75) is 32.0 Å². The van der Waals surface area contributed by atoms with E-state index in [1.54, 1.807) is 36.5 Å². The van der Waals surface area contributed by atoms with Crippen LogP contribution in [-0.4, -0.2) is 56.9 Å². The zero-order chi connectivity index (χ0) is 35.1. The summed E-state index contributed by atoms with van der Waals surface area (Å²) >= 11 is 6.18. The van der Waals surface area contributed by atoms with Crippen molar-refractivity contribution < 1.29 is 37.4 Å². The Balaban J connectivity index is 0.000000771. The normalized spacial score (nSPS) is 12.3. The molecule has 2 amide bonds. The van der Waals surface area contributed by atoms with E-state index in [0.29, 0.717) is 52.3 Å². The van der Waals surface area contributed by atoms with E-state index in [4.69, 9.17) is 37.7 Å². The maximum absolute atomic E-state index is 13.7. The maximum atomic E-state index is 13.7. The number of carboxylic acids is 1. The van der Waals surface area contributed by atoms with Crippen molar-refractivity contribution >= 4 is 40.6 Å². The predicted molar refractivity (Wildman–Crippen MR) is 165 cm³/mol. The van der Waals surface area contributed by atoms with Gasteiger partial charge in [-0.3, -0.25) is 19.0 Å². The fourth-order valence-corrected chi connectivity index (χ4v) is 4.85. The summed E-state index contributed by atoms with van der Waals surface area (Å²) in [6.07, 6.45) is 0.546. The van der Waals surface area contributed by atoms with Crippen molar-refractivity contribution in [1.82, 2.24) is 14.2 Å². The number of halogens is 4. The predicted octanol–water partition coefficient (Wildman–Crippen LogP) is 3.98. The Morgan fingerprint density at radius 2 is 1.87 bits per heavy atom. The van der Waals surface area contributed by atoms with Crippen LogP contribution >= 0.6 is 11.6 Å². The minimum Gasteiger partial charge on any atom is -0.495 e.